The number of carboxylic acids is 1. The van der Waals surface area contributed by atoms with Crippen molar-refractivity contribution in [1.29, 1.82) is 0 Å². The van der Waals surface area contributed by atoms with Crippen LogP contribution in [0.2, 0.25) is 0 Å². The van der Waals surface area contributed by atoms with E-state index in [2.05, 4.69) is 5.32 Å². The van der Waals surface area contributed by atoms with E-state index in [0.717, 1.165) is 0 Å². The van der Waals surface area contributed by atoms with Gasteiger partial charge in [0.2, 0.25) is 11.8 Å². The van der Waals surface area contributed by atoms with Crippen molar-refractivity contribution in [3.63, 3.8) is 0 Å². The number of nitrogens with one attached hydrogen (secondary N) is 1. The van der Waals surface area contributed by atoms with Crippen molar-refractivity contribution in [3.8, 4) is 0 Å². The van der Waals surface area contributed by atoms with Gasteiger partial charge in [0.25, 0.3) is 0 Å². The van der Waals surface area contributed by atoms with Crippen LogP contribution in [0.15, 0.2) is 0 Å². The molecule has 1 aliphatic heterocycles. The summed E-state index contributed by atoms with van der Waals surface area (Å²) < 4.78 is 0. The van der Waals surface area contributed by atoms with Crippen LogP contribution in [-0.4, -0.2) is 46.4 Å². The fourth-order valence-electron chi connectivity index (χ4n) is 2.36. The van der Waals surface area contributed by atoms with Gasteiger partial charge >= 0.3 is 5.97 Å². The molecule has 0 aromatic rings. The Morgan fingerprint density at radius 1 is 1.40 bits per heavy atom. The van der Waals surface area contributed by atoms with E-state index in [4.69, 9.17) is 5.11 Å². The van der Waals surface area contributed by atoms with Crippen molar-refractivity contribution < 1.29 is 19.5 Å². The molecule has 0 radical (unpaired) electrons. The van der Waals surface area contributed by atoms with Crippen LogP contribution in [0.4, 0.5) is 0 Å². The van der Waals surface area contributed by atoms with E-state index in [1.807, 2.05) is 20.8 Å². The zero-order valence-electron chi connectivity index (χ0n) is 12.5. The highest BCUT2D eigenvalue weighted by molar-refractivity contribution is 5.91. The minimum absolute atomic E-state index is 0.0458. The largest absolute Gasteiger partial charge is 0.480 e. The molecule has 0 aliphatic carbocycles. The average molecular weight is 284 g/mol. The number of carboxylic acid groups (broad SMARTS) is 1. The molecule has 2 amide bonds. The van der Waals surface area contributed by atoms with Gasteiger partial charge in [-0.2, -0.15) is 0 Å². The maximum absolute atomic E-state index is 12.1. The Hall–Kier alpha value is -1.59. The molecule has 114 valence electrons. The van der Waals surface area contributed by atoms with E-state index in [0.29, 0.717) is 13.0 Å². The van der Waals surface area contributed by atoms with Crippen LogP contribution in [0.1, 0.15) is 40.5 Å². The summed E-state index contributed by atoms with van der Waals surface area (Å²) in [5.41, 5.74) is 0. The molecule has 3 atom stereocenters. The first-order valence-electron chi connectivity index (χ1n) is 7.10. The first kappa shape index (κ1) is 16.5. The van der Waals surface area contributed by atoms with Crippen LogP contribution >= 0.6 is 0 Å². The normalized spacial score (nSPS) is 21.9. The summed E-state index contributed by atoms with van der Waals surface area (Å²) in [6.07, 6.45) is 0.829. The highest BCUT2D eigenvalue weighted by Crippen LogP contribution is 2.21. The predicted octanol–water partition coefficient (Wildman–Crippen LogP) is 0.859. The van der Waals surface area contributed by atoms with E-state index >= 15 is 0 Å². The van der Waals surface area contributed by atoms with Gasteiger partial charge in [-0.3, -0.25) is 9.59 Å². The SMILES string of the molecule is CC[C@H](C)[C@H](NC(=O)C1CC(=O)N(C(C)C)C1)C(=O)O. The maximum atomic E-state index is 12.1. The molecule has 0 bridgehead atoms. The van der Waals surface area contributed by atoms with Gasteiger partial charge in [-0.25, -0.2) is 4.79 Å². The lowest BCUT2D eigenvalue weighted by atomic mass is 9.98. The second kappa shape index (κ2) is 6.72. The minimum Gasteiger partial charge on any atom is -0.480 e. The second-order valence-corrected chi connectivity index (χ2v) is 5.75. The Kier molecular flexibility index (Phi) is 5.53. The quantitative estimate of drug-likeness (QED) is 0.757. The van der Waals surface area contributed by atoms with Crippen LogP contribution in [-0.2, 0) is 14.4 Å². The molecular formula is C14H24N2O4. The van der Waals surface area contributed by atoms with Gasteiger partial charge in [0.1, 0.15) is 6.04 Å². The lowest BCUT2D eigenvalue weighted by Gasteiger charge is -2.23. The summed E-state index contributed by atoms with van der Waals surface area (Å²) in [7, 11) is 0. The molecule has 0 spiro atoms. The molecule has 1 aliphatic rings. The minimum atomic E-state index is -1.03. The lowest BCUT2D eigenvalue weighted by molar-refractivity contribution is -0.144. The Labute approximate surface area is 119 Å². The Balaban J connectivity index is 2.67. The second-order valence-electron chi connectivity index (χ2n) is 5.75. The zero-order chi connectivity index (χ0) is 15.4. The van der Waals surface area contributed by atoms with E-state index in [1.54, 1.807) is 11.8 Å². The number of aliphatic carboxylic acids is 1. The summed E-state index contributed by atoms with van der Waals surface area (Å²) in [6, 6.07) is -0.833. The molecule has 2 N–H and O–H groups in total. The van der Waals surface area contributed by atoms with E-state index < -0.39 is 17.9 Å². The van der Waals surface area contributed by atoms with Crippen molar-refractivity contribution in [1.82, 2.24) is 10.2 Å². The first-order chi connectivity index (χ1) is 9.27. The Morgan fingerprint density at radius 3 is 2.40 bits per heavy atom. The van der Waals surface area contributed by atoms with Gasteiger partial charge in [-0.15, -0.1) is 0 Å². The van der Waals surface area contributed by atoms with Gasteiger partial charge in [-0.1, -0.05) is 20.3 Å². The molecule has 0 aromatic heterocycles. The first-order valence-corrected chi connectivity index (χ1v) is 7.10. The summed E-state index contributed by atoms with van der Waals surface area (Å²) in [5, 5.41) is 11.7. The molecular weight excluding hydrogens is 260 g/mol. The molecule has 1 fully saturated rings. The van der Waals surface area contributed by atoms with Crippen molar-refractivity contribution in [3.05, 3.63) is 0 Å². The molecule has 1 saturated heterocycles. The maximum Gasteiger partial charge on any atom is 0.326 e. The number of hydrogen-bond donors (Lipinski definition) is 2. The molecule has 0 aromatic carbocycles. The fraction of sp³-hybridized carbons (Fsp3) is 0.786. The van der Waals surface area contributed by atoms with Gasteiger partial charge in [0.05, 0.1) is 5.92 Å². The van der Waals surface area contributed by atoms with Crippen molar-refractivity contribution >= 4 is 17.8 Å². The van der Waals surface area contributed by atoms with Gasteiger partial charge in [0, 0.05) is 19.0 Å². The highest BCUT2D eigenvalue weighted by atomic mass is 16.4. The van der Waals surface area contributed by atoms with Gasteiger partial charge < -0.3 is 15.3 Å². The molecule has 1 rings (SSSR count). The van der Waals surface area contributed by atoms with Crippen LogP contribution in [0, 0.1) is 11.8 Å². The third-order valence-corrected chi connectivity index (χ3v) is 3.93. The lowest BCUT2D eigenvalue weighted by Crippen LogP contribution is -2.47. The van der Waals surface area contributed by atoms with Crippen LogP contribution < -0.4 is 5.32 Å². The van der Waals surface area contributed by atoms with Crippen molar-refractivity contribution in [2.75, 3.05) is 6.54 Å². The average Bonchev–Trinajstić information content (AvgIpc) is 2.76. The molecule has 6 heteroatoms. The van der Waals surface area contributed by atoms with Gasteiger partial charge in [-0.05, 0) is 19.8 Å². The number of carbonyl (C=O) groups excluding carboxylic acids is 2. The predicted molar refractivity (Wildman–Crippen MR) is 74.0 cm³/mol. The topological polar surface area (TPSA) is 86.7 Å². The van der Waals surface area contributed by atoms with Gasteiger partial charge in [0.15, 0.2) is 0 Å². The third kappa shape index (κ3) is 3.71. The molecule has 1 unspecified atom stereocenters. The zero-order valence-corrected chi connectivity index (χ0v) is 12.5. The number of likely N-dealkylation sites (tertiary alicyclic amines) is 1. The third-order valence-electron chi connectivity index (χ3n) is 3.93. The molecule has 20 heavy (non-hydrogen) atoms. The summed E-state index contributed by atoms with van der Waals surface area (Å²) >= 11 is 0. The summed E-state index contributed by atoms with van der Waals surface area (Å²) in [4.78, 5) is 36.8. The van der Waals surface area contributed by atoms with Crippen LogP contribution in [0.25, 0.3) is 0 Å². The molecule has 6 nitrogen and oxygen atoms in total. The monoisotopic (exact) mass is 284 g/mol. The standard InChI is InChI=1S/C14H24N2O4/c1-5-9(4)12(14(19)20)15-13(18)10-6-11(17)16(7-10)8(2)3/h8-10,12H,5-7H2,1-4H3,(H,15,18)(H,19,20)/t9-,10?,12-/m0/s1. The number of nitrogens with zero attached hydrogens (tertiary/aromatic N) is 1. The van der Waals surface area contributed by atoms with Crippen molar-refractivity contribution in [2.45, 2.75) is 52.6 Å². The number of hydrogen-bond acceptors (Lipinski definition) is 3. The smallest absolute Gasteiger partial charge is 0.326 e. The highest BCUT2D eigenvalue weighted by Gasteiger charge is 2.37. The van der Waals surface area contributed by atoms with Crippen LogP contribution in [0.3, 0.4) is 0 Å². The molecule has 1 heterocycles. The summed E-state index contributed by atoms with van der Waals surface area (Å²) in [5.74, 6) is -2.01. The number of amides is 2. The van der Waals surface area contributed by atoms with Crippen molar-refractivity contribution in [2.24, 2.45) is 11.8 Å². The van der Waals surface area contributed by atoms with E-state index in [-0.39, 0.29) is 30.2 Å². The molecule has 0 saturated carbocycles. The fourth-order valence-corrected chi connectivity index (χ4v) is 2.36. The Bertz CT molecular complexity index is 395. The number of rotatable bonds is 6. The van der Waals surface area contributed by atoms with Crippen LogP contribution in [0.5, 0.6) is 0 Å². The number of carbonyl (C=O) groups is 3. The Morgan fingerprint density at radius 2 is 2.00 bits per heavy atom. The summed E-state index contributed by atoms with van der Waals surface area (Å²) in [6.45, 7) is 7.84. The van der Waals surface area contributed by atoms with E-state index in [1.165, 1.54) is 0 Å². The van der Waals surface area contributed by atoms with E-state index in [9.17, 15) is 14.4 Å².